The van der Waals surface area contributed by atoms with Gasteiger partial charge < -0.3 is 9.80 Å². The molecule has 0 amide bonds. The van der Waals surface area contributed by atoms with Crippen molar-refractivity contribution in [3.63, 3.8) is 0 Å². The number of hydrogen-bond donors (Lipinski definition) is 0. The van der Waals surface area contributed by atoms with Crippen molar-refractivity contribution in [2.24, 2.45) is 7.05 Å². The van der Waals surface area contributed by atoms with Gasteiger partial charge in [0.15, 0.2) is 0 Å². The number of rotatable bonds is 1. The van der Waals surface area contributed by atoms with Gasteiger partial charge in [0.25, 0.3) is 5.56 Å². The maximum Gasteiger partial charge on any atom is 0.262 e. The molecule has 104 valence electrons. The van der Waals surface area contributed by atoms with Gasteiger partial charge >= 0.3 is 0 Å². The van der Waals surface area contributed by atoms with Gasteiger partial charge in [0.2, 0.25) is 5.95 Å². The van der Waals surface area contributed by atoms with Crippen LogP contribution in [-0.2, 0) is 7.05 Å². The average molecular weight is 270 g/mol. The molecule has 2 aromatic rings. The molecule has 6 heteroatoms. The third-order valence-electron chi connectivity index (χ3n) is 3.99. The fraction of sp³-hybridized carbons (Fsp3) is 0.429. The molecule has 0 unspecified atom stereocenters. The van der Waals surface area contributed by atoms with Crippen molar-refractivity contribution in [2.45, 2.75) is 0 Å². The molecule has 1 aromatic carbocycles. The van der Waals surface area contributed by atoms with Crippen LogP contribution in [0.15, 0.2) is 23.0 Å². The lowest BCUT2D eigenvalue weighted by atomic mass is 9.95. The first kappa shape index (κ1) is 13.2. The highest BCUT2D eigenvalue weighted by molar-refractivity contribution is 6.33. The molecule has 0 spiro atoms. The highest BCUT2D eigenvalue weighted by atomic mass is 16.1. The molecule has 1 saturated heterocycles. The summed E-state index contributed by atoms with van der Waals surface area (Å²) in [5, 5.41) is 0.691. The van der Waals surface area contributed by atoms with Gasteiger partial charge in [-0.1, -0.05) is 11.5 Å². The Balaban J connectivity index is 2.11. The van der Waals surface area contributed by atoms with Gasteiger partial charge in [-0.15, -0.1) is 0 Å². The Labute approximate surface area is 119 Å². The fourth-order valence-electron chi connectivity index (χ4n) is 2.66. The molecule has 2 heterocycles. The Morgan fingerprint density at radius 1 is 1.15 bits per heavy atom. The second-order valence-electron chi connectivity index (χ2n) is 5.59. The van der Waals surface area contributed by atoms with E-state index in [0.29, 0.717) is 5.39 Å². The van der Waals surface area contributed by atoms with Gasteiger partial charge in [-0.25, -0.2) is 4.98 Å². The summed E-state index contributed by atoms with van der Waals surface area (Å²) in [7, 11) is 5.95. The van der Waals surface area contributed by atoms with Crippen molar-refractivity contribution < 1.29 is 0 Å². The minimum absolute atomic E-state index is 0.0314. The molecule has 0 aliphatic carbocycles. The van der Waals surface area contributed by atoms with Gasteiger partial charge in [-0.05, 0) is 19.2 Å². The number of nitrogens with zero attached hydrogens (tertiary/aromatic N) is 4. The normalized spacial score (nSPS) is 16.8. The number of likely N-dealkylation sites (N-methyl/N-ethyl adjacent to an activating group) is 1. The summed E-state index contributed by atoms with van der Waals surface area (Å²) in [5.41, 5.74) is 1.95. The lowest BCUT2D eigenvalue weighted by molar-refractivity contribution is 0.310. The molecule has 1 fully saturated rings. The Morgan fingerprint density at radius 2 is 1.85 bits per heavy atom. The van der Waals surface area contributed by atoms with E-state index in [2.05, 4.69) is 16.8 Å². The van der Waals surface area contributed by atoms with E-state index < -0.39 is 0 Å². The zero-order valence-electron chi connectivity index (χ0n) is 12.3. The van der Waals surface area contributed by atoms with Crippen LogP contribution >= 0.6 is 0 Å². The van der Waals surface area contributed by atoms with Crippen molar-refractivity contribution in [1.29, 1.82) is 0 Å². The Bertz CT molecular complexity index is 704. The Kier molecular flexibility index (Phi) is 3.26. The van der Waals surface area contributed by atoms with Crippen LogP contribution in [0.3, 0.4) is 0 Å². The van der Waals surface area contributed by atoms with Crippen LogP contribution in [0.5, 0.6) is 0 Å². The number of benzene rings is 1. The van der Waals surface area contributed by atoms with Crippen molar-refractivity contribution in [3.05, 3.63) is 28.6 Å². The average Bonchev–Trinajstić information content (AvgIpc) is 2.44. The SMILES string of the molecule is Bc1ccc2c(=O)n(C)c(N3CCN(C)CC3)nc2c1. The van der Waals surface area contributed by atoms with Crippen molar-refractivity contribution in [1.82, 2.24) is 14.5 Å². The number of fused-ring (bicyclic) bond motifs is 1. The third kappa shape index (κ3) is 2.20. The number of aromatic nitrogens is 2. The molecule has 0 atom stereocenters. The molecule has 0 N–H and O–H groups in total. The van der Waals surface area contributed by atoms with Crippen LogP contribution in [0.4, 0.5) is 5.95 Å². The summed E-state index contributed by atoms with van der Waals surface area (Å²) >= 11 is 0. The lowest BCUT2D eigenvalue weighted by Crippen LogP contribution is -2.46. The second-order valence-corrected chi connectivity index (χ2v) is 5.59. The monoisotopic (exact) mass is 270 g/mol. The third-order valence-corrected chi connectivity index (χ3v) is 3.99. The fourth-order valence-corrected chi connectivity index (χ4v) is 2.66. The van der Waals surface area contributed by atoms with E-state index in [1.807, 2.05) is 33.1 Å². The Hall–Kier alpha value is -1.82. The zero-order chi connectivity index (χ0) is 14.3. The second kappa shape index (κ2) is 4.94. The van der Waals surface area contributed by atoms with Gasteiger partial charge in [-0.2, -0.15) is 0 Å². The number of anilines is 1. The van der Waals surface area contributed by atoms with Gasteiger partial charge in [0.1, 0.15) is 7.85 Å². The highest BCUT2D eigenvalue weighted by Gasteiger charge is 2.19. The first-order valence-corrected chi connectivity index (χ1v) is 6.97. The van der Waals surface area contributed by atoms with Crippen molar-refractivity contribution in [2.75, 3.05) is 38.1 Å². The summed E-state index contributed by atoms with van der Waals surface area (Å²) < 4.78 is 1.67. The molecule has 0 saturated carbocycles. The molecule has 0 radical (unpaired) electrons. The van der Waals surface area contributed by atoms with Crippen molar-refractivity contribution >= 4 is 30.2 Å². The summed E-state index contributed by atoms with van der Waals surface area (Å²) in [6, 6.07) is 5.81. The summed E-state index contributed by atoms with van der Waals surface area (Å²) in [6.45, 7) is 3.83. The van der Waals surface area contributed by atoms with E-state index in [1.54, 1.807) is 4.57 Å². The zero-order valence-corrected chi connectivity index (χ0v) is 12.3. The molecular weight excluding hydrogens is 251 g/mol. The smallest absolute Gasteiger partial charge is 0.262 e. The minimum atomic E-state index is 0.0314. The van der Waals surface area contributed by atoms with Crippen LogP contribution in [0.25, 0.3) is 10.9 Å². The molecule has 1 aromatic heterocycles. The lowest BCUT2D eigenvalue weighted by Gasteiger charge is -2.33. The Morgan fingerprint density at radius 3 is 2.55 bits per heavy atom. The van der Waals surface area contributed by atoms with E-state index >= 15 is 0 Å². The van der Waals surface area contributed by atoms with E-state index in [-0.39, 0.29) is 5.56 Å². The molecule has 3 rings (SSSR count). The summed E-state index contributed by atoms with van der Waals surface area (Å²) in [6.07, 6.45) is 0. The van der Waals surface area contributed by atoms with E-state index in [0.717, 1.165) is 43.1 Å². The minimum Gasteiger partial charge on any atom is -0.340 e. The molecule has 20 heavy (non-hydrogen) atoms. The molecule has 5 nitrogen and oxygen atoms in total. The van der Waals surface area contributed by atoms with Crippen LogP contribution in [0.2, 0.25) is 0 Å². The maximum absolute atomic E-state index is 12.5. The molecular formula is C14H19BN4O. The van der Waals surface area contributed by atoms with Gasteiger partial charge in [-0.3, -0.25) is 9.36 Å². The van der Waals surface area contributed by atoms with E-state index in [4.69, 9.17) is 4.98 Å². The highest BCUT2D eigenvalue weighted by Crippen LogP contribution is 2.14. The maximum atomic E-state index is 12.5. The first-order valence-electron chi connectivity index (χ1n) is 6.97. The molecule has 0 bridgehead atoms. The molecule has 1 aliphatic heterocycles. The van der Waals surface area contributed by atoms with E-state index in [1.165, 1.54) is 0 Å². The van der Waals surface area contributed by atoms with E-state index in [9.17, 15) is 4.79 Å². The molecule has 1 aliphatic rings. The quantitative estimate of drug-likeness (QED) is 0.620. The van der Waals surface area contributed by atoms with Crippen LogP contribution < -0.4 is 15.9 Å². The predicted molar refractivity (Wildman–Crippen MR) is 84.9 cm³/mol. The largest absolute Gasteiger partial charge is 0.340 e. The first-order chi connectivity index (χ1) is 9.56. The van der Waals surface area contributed by atoms with Crippen LogP contribution in [0.1, 0.15) is 0 Å². The summed E-state index contributed by atoms with van der Waals surface area (Å²) in [5.74, 6) is 0.779. The van der Waals surface area contributed by atoms with Crippen molar-refractivity contribution in [3.8, 4) is 0 Å². The van der Waals surface area contributed by atoms with Gasteiger partial charge in [0.05, 0.1) is 10.9 Å². The van der Waals surface area contributed by atoms with Crippen LogP contribution in [-0.4, -0.2) is 55.5 Å². The summed E-state index contributed by atoms with van der Waals surface area (Å²) in [4.78, 5) is 21.7. The van der Waals surface area contributed by atoms with Gasteiger partial charge in [0, 0.05) is 33.2 Å². The standard InChI is InChI=1S/C14H19BN4O/c1-17-5-7-19(8-6-17)14-16-12-9-10(15)3-4-11(12)13(20)18(14)2/h3-4,9H,5-8,15H2,1-2H3. The number of piperazine rings is 1. The predicted octanol–water partition coefficient (Wildman–Crippen LogP) is -1.06. The topological polar surface area (TPSA) is 41.4 Å². The number of hydrogen-bond acceptors (Lipinski definition) is 4. The van der Waals surface area contributed by atoms with Crippen LogP contribution in [0, 0.1) is 0 Å².